The van der Waals surface area contributed by atoms with E-state index in [-0.39, 0.29) is 17.8 Å². The van der Waals surface area contributed by atoms with Gasteiger partial charge in [0.1, 0.15) is 5.82 Å². The Hall–Kier alpha value is -1.65. The molecule has 0 bridgehead atoms. The SMILES string of the molecule is CCCC[C@@H]1OCC[C@@]2(Cc3ccc(Cl)cc3)c3c(F)ccc(F)c3OC[C@@H]12. The predicted molar refractivity (Wildman–Crippen MR) is 106 cm³/mol. The minimum absolute atomic E-state index is 0.0168. The van der Waals surface area contributed by atoms with Crippen molar-refractivity contribution in [3.8, 4) is 5.75 Å². The average Bonchev–Trinajstić information content (AvgIpc) is 2.70. The normalized spacial score (nSPS) is 26.3. The molecule has 150 valence electrons. The summed E-state index contributed by atoms with van der Waals surface area (Å²) in [6.45, 7) is 3.02. The fourth-order valence-corrected chi connectivity index (χ4v) is 5.03. The maximum Gasteiger partial charge on any atom is 0.165 e. The standard InChI is InChI=1S/C23H25ClF2O2/c1-2-3-4-20-17-14-28-22-19(26)10-9-18(25)21(22)23(17,11-12-27-20)13-15-5-7-16(24)8-6-15/h5-10,17,20H,2-4,11-14H2,1H3/t17-,20-,23-/m0/s1. The van der Waals surface area contributed by atoms with Gasteiger partial charge in [-0.15, -0.1) is 0 Å². The number of hydrogen-bond donors (Lipinski definition) is 0. The van der Waals surface area contributed by atoms with Crippen molar-refractivity contribution in [3.05, 3.63) is 64.2 Å². The van der Waals surface area contributed by atoms with Gasteiger partial charge in [0.2, 0.25) is 0 Å². The third-order valence-electron chi connectivity index (χ3n) is 6.28. The van der Waals surface area contributed by atoms with Gasteiger partial charge >= 0.3 is 0 Å². The lowest BCUT2D eigenvalue weighted by atomic mass is 9.60. The monoisotopic (exact) mass is 406 g/mol. The van der Waals surface area contributed by atoms with Gasteiger partial charge in [-0.2, -0.15) is 0 Å². The molecule has 3 atom stereocenters. The van der Waals surface area contributed by atoms with E-state index >= 15 is 4.39 Å². The van der Waals surface area contributed by atoms with E-state index in [4.69, 9.17) is 21.1 Å². The summed E-state index contributed by atoms with van der Waals surface area (Å²) in [6.07, 6.45) is 4.24. The molecule has 2 nitrogen and oxygen atoms in total. The largest absolute Gasteiger partial charge is 0.490 e. The summed E-state index contributed by atoms with van der Waals surface area (Å²) in [4.78, 5) is 0. The summed E-state index contributed by atoms with van der Waals surface area (Å²) >= 11 is 6.05. The van der Waals surface area contributed by atoms with Crippen LogP contribution in [0.5, 0.6) is 5.75 Å². The average molecular weight is 407 g/mol. The van der Waals surface area contributed by atoms with Crippen LogP contribution in [0.3, 0.4) is 0 Å². The zero-order valence-electron chi connectivity index (χ0n) is 16.0. The maximum absolute atomic E-state index is 15.1. The molecular weight excluding hydrogens is 382 g/mol. The molecule has 2 aliphatic rings. The second-order valence-corrected chi connectivity index (χ2v) is 8.35. The van der Waals surface area contributed by atoms with Crippen LogP contribution in [0, 0.1) is 17.6 Å². The van der Waals surface area contributed by atoms with Crippen molar-refractivity contribution < 1.29 is 18.3 Å². The first kappa shape index (κ1) is 19.7. The van der Waals surface area contributed by atoms with E-state index < -0.39 is 17.0 Å². The number of fused-ring (bicyclic) bond motifs is 3. The summed E-state index contributed by atoms with van der Waals surface area (Å²) in [6, 6.07) is 10.0. The molecule has 0 aliphatic carbocycles. The van der Waals surface area contributed by atoms with E-state index in [1.165, 1.54) is 6.07 Å². The second kappa shape index (κ2) is 8.00. The van der Waals surface area contributed by atoms with Gasteiger partial charge in [-0.1, -0.05) is 43.5 Å². The Kier molecular flexibility index (Phi) is 5.62. The van der Waals surface area contributed by atoms with Gasteiger partial charge in [0.25, 0.3) is 0 Å². The van der Waals surface area contributed by atoms with E-state index in [1.807, 2.05) is 24.3 Å². The highest BCUT2D eigenvalue weighted by atomic mass is 35.5. The van der Waals surface area contributed by atoms with E-state index in [2.05, 4.69) is 6.92 Å². The van der Waals surface area contributed by atoms with Crippen LogP contribution in [0.4, 0.5) is 8.78 Å². The van der Waals surface area contributed by atoms with Gasteiger partial charge in [-0.3, -0.25) is 0 Å². The fourth-order valence-electron chi connectivity index (χ4n) is 4.90. The summed E-state index contributed by atoms with van der Waals surface area (Å²) in [5, 5.41) is 0.662. The molecule has 28 heavy (non-hydrogen) atoms. The van der Waals surface area contributed by atoms with Gasteiger partial charge in [-0.05, 0) is 49.1 Å². The molecule has 2 aromatic rings. The highest BCUT2D eigenvalue weighted by Gasteiger charge is 2.53. The van der Waals surface area contributed by atoms with E-state index in [0.717, 1.165) is 30.9 Å². The Morgan fingerprint density at radius 3 is 2.61 bits per heavy atom. The van der Waals surface area contributed by atoms with Crippen LogP contribution >= 0.6 is 11.6 Å². The number of rotatable bonds is 5. The topological polar surface area (TPSA) is 18.5 Å². The smallest absolute Gasteiger partial charge is 0.165 e. The Morgan fingerprint density at radius 1 is 1.11 bits per heavy atom. The highest BCUT2D eigenvalue weighted by Crippen LogP contribution is 2.52. The molecule has 2 aliphatic heterocycles. The number of unbranched alkanes of at least 4 members (excludes halogenated alkanes) is 1. The van der Waals surface area contributed by atoms with E-state index in [9.17, 15) is 4.39 Å². The lowest BCUT2D eigenvalue weighted by molar-refractivity contribution is -0.0992. The first-order valence-corrected chi connectivity index (χ1v) is 10.4. The van der Waals surface area contributed by atoms with Gasteiger partial charge in [-0.25, -0.2) is 8.78 Å². The molecule has 1 fully saturated rings. The lowest BCUT2D eigenvalue weighted by Crippen LogP contribution is -2.54. The van der Waals surface area contributed by atoms with Gasteiger partial charge < -0.3 is 9.47 Å². The molecule has 0 N–H and O–H groups in total. The summed E-state index contributed by atoms with van der Waals surface area (Å²) in [5.41, 5.74) is 0.884. The van der Waals surface area contributed by atoms with Crippen molar-refractivity contribution in [2.24, 2.45) is 5.92 Å². The summed E-state index contributed by atoms with van der Waals surface area (Å²) < 4.78 is 41.5. The zero-order chi connectivity index (χ0) is 19.7. The van der Waals surface area contributed by atoms with Crippen LogP contribution in [0.25, 0.3) is 0 Å². The molecule has 5 heteroatoms. The first-order valence-electron chi connectivity index (χ1n) is 10.0. The molecule has 2 aromatic carbocycles. The van der Waals surface area contributed by atoms with Crippen LogP contribution in [-0.2, 0) is 16.6 Å². The maximum atomic E-state index is 15.1. The van der Waals surface area contributed by atoms with Crippen molar-refractivity contribution in [3.63, 3.8) is 0 Å². The van der Waals surface area contributed by atoms with Crippen molar-refractivity contribution in [2.75, 3.05) is 13.2 Å². The zero-order valence-corrected chi connectivity index (χ0v) is 16.8. The molecule has 0 spiro atoms. The number of halogens is 3. The van der Waals surface area contributed by atoms with Crippen LogP contribution in [0.1, 0.15) is 43.7 Å². The molecule has 4 rings (SSSR count). The van der Waals surface area contributed by atoms with E-state index in [0.29, 0.717) is 36.6 Å². The Balaban J connectivity index is 1.82. The van der Waals surface area contributed by atoms with Crippen LogP contribution in [-0.4, -0.2) is 19.3 Å². The quantitative estimate of drug-likeness (QED) is 0.598. The van der Waals surface area contributed by atoms with Crippen molar-refractivity contribution in [1.29, 1.82) is 0 Å². The second-order valence-electron chi connectivity index (χ2n) is 7.91. The van der Waals surface area contributed by atoms with Gasteiger partial charge in [0.05, 0.1) is 12.7 Å². The molecule has 1 saturated heterocycles. The first-order chi connectivity index (χ1) is 13.5. The number of benzene rings is 2. The highest BCUT2D eigenvalue weighted by molar-refractivity contribution is 6.30. The lowest BCUT2D eigenvalue weighted by Gasteiger charge is -2.51. The molecule has 0 saturated carbocycles. The minimum atomic E-state index is -0.551. The molecule has 0 unspecified atom stereocenters. The summed E-state index contributed by atoms with van der Waals surface area (Å²) in [7, 11) is 0. The van der Waals surface area contributed by atoms with E-state index in [1.54, 1.807) is 0 Å². The Bertz CT molecular complexity index is 839. The molecular formula is C23H25ClF2O2. The summed E-state index contributed by atoms with van der Waals surface area (Å²) in [5.74, 6) is -0.846. The third-order valence-corrected chi connectivity index (χ3v) is 6.53. The fraction of sp³-hybridized carbons (Fsp3) is 0.478. The molecule has 0 amide bonds. The number of ether oxygens (including phenoxy) is 2. The van der Waals surface area contributed by atoms with Crippen LogP contribution < -0.4 is 4.74 Å². The Morgan fingerprint density at radius 2 is 1.86 bits per heavy atom. The Labute approximate surface area is 169 Å². The van der Waals surface area contributed by atoms with Crippen LogP contribution in [0.2, 0.25) is 5.02 Å². The third kappa shape index (κ3) is 3.42. The van der Waals surface area contributed by atoms with Crippen molar-refractivity contribution in [1.82, 2.24) is 0 Å². The number of hydrogen-bond acceptors (Lipinski definition) is 2. The van der Waals surface area contributed by atoms with Crippen molar-refractivity contribution >= 4 is 11.6 Å². The van der Waals surface area contributed by atoms with Gasteiger partial charge in [0, 0.05) is 28.5 Å². The molecule has 0 aromatic heterocycles. The molecule has 0 radical (unpaired) electrons. The molecule has 2 heterocycles. The van der Waals surface area contributed by atoms with Gasteiger partial charge in [0.15, 0.2) is 11.6 Å². The minimum Gasteiger partial charge on any atom is -0.490 e. The van der Waals surface area contributed by atoms with Crippen LogP contribution in [0.15, 0.2) is 36.4 Å². The van der Waals surface area contributed by atoms with Crippen molar-refractivity contribution in [2.45, 2.75) is 50.5 Å². The predicted octanol–water partition coefficient (Wildman–Crippen LogP) is 6.09.